The molecule has 138 valence electrons. The van der Waals surface area contributed by atoms with Gasteiger partial charge in [0.05, 0.1) is 17.3 Å². The third kappa shape index (κ3) is 4.59. The minimum absolute atomic E-state index is 0.104. The summed E-state index contributed by atoms with van der Waals surface area (Å²) in [6.07, 6.45) is 7.23. The number of hydrogen-bond donors (Lipinski definition) is 1. The third-order valence-corrected chi connectivity index (χ3v) is 5.07. The van der Waals surface area contributed by atoms with Crippen molar-refractivity contribution in [2.45, 2.75) is 38.6 Å². The van der Waals surface area contributed by atoms with E-state index in [-0.39, 0.29) is 11.9 Å². The molecule has 0 radical (unpaired) electrons. The molecule has 2 heterocycles. The number of nitrogens with zero attached hydrogens (tertiary/aromatic N) is 3. The molecule has 1 aromatic heterocycles. The predicted octanol–water partition coefficient (Wildman–Crippen LogP) is 3.65. The van der Waals surface area contributed by atoms with E-state index in [1.54, 1.807) is 6.20 Å². The molecule has 3 rings (SSSR count). The van der Waals surface area contributed by atoms with Gasteiger partial charge in [0.1, 0.15) is 6.33 Å². The summed E-state index contributed by atoms with van der Waals surface area (Å²) in [7, 11) is 0. The second-order valence-electron chi connectivity index (χ2n) is 6.65. The van der Waals surface area contributed by atoms with Gasteiger partial charge in [0.2, 0.25) is 0 Å². The molecular weight excluding hydrogens is 348 g/mol. The molecule has 1 fully saturated rings. The van der Waals surface area contributed by atoms with E-state index >= 15 is 0 Å². The molecule has 1 saturated heterocycles. The summed E-state index contributed by atoms with van der Waals surface area (Å²) >= 11 is 6.03. The molecule has 1 N–H and O–H groups in total. The first-order chi connectivity index (χ1) is 12.7. The largest absolute Gasteiger partial charge is 0.350 e. The molecule has 1 amide bonds. The smallest absolute Gasteiger partial charge is 0.254 e. The minimum atomic E-state index is -0.104. The van der Waals surface area contributed by atoms with Crippen molar-refractivity contribution >= 4 is 17.5 Å². The van der Waals surface area contributed by atoms with Crippen molar-refractivity contribution in [1.82, 2.24) is 20.2 Å². The Bertz CT molecular complexity index is 729. The van der Waals surface area contributed by atoms with Crippen LogP contribution in [0.2, 0.25) is 5.02 Å². The molecule has 1 aromatic carbocycles. The molecule has 26 heavy (non-hydrogen) atoms. The van der Waals surface area contributed by atoms with Crippen molar-refractivity contribution in [2.75, 3.05) is 19.6 Å². The highest BCUT2D eigenvalue weighted by atomic mass is 35.5. The number of nitrogens with one attached hydrogen (secondary N) is 1. The standard InChI is InChI=1S/C20H25ClN4O/c1-2-5-18-17(12-22-14-24-18)20(26)23-13-19(25-10-3-4-11-25)15-6-8-16(21)9-7-15/h6-9,12,14,19H,2-5,10-11,13H2,1H3,(H,23,26)/t19-/m1/s1. The van der Waals surface area contributed by atoms with E-state index in [0.29, 0.717) is 12.1 Å². The van der Waals surface area contributed by atoms with E-state index in [9.17, 15) is 4.79 Å². The van der Waals surface area contributed by atoms with Crippen LogP contribution in [0.25, 0.3) is 0 Å². The molecule has 0 spiro atoms. The van der Waals surface area contributed by atoms with E-state index in [0.717, 1.165) is 36.6 Å². The first-order valence-electron chi connectivity index (χ1n) is 9.25. The Balaban J connectivity index is 1.73. The van der Waals surface area contributed by atoms with Crippen LogP contribution < -0.4 is 5.32 Å². The zero-order valence-corrected chi connectivity index (χ0v) is 15.9. The van der Waals surface area contributed by atoms with Crippen LogP contribution >= 0.6 is 11.6 Å². The normalized spacial score (nSPS) is 15.8. The molecule has 1 atom stereocenters. The number of benzene rings is 1. The van der Waals surface area contributed by atoms with E-state index in [1.807, 2.05) is 24.3 Å². The molecule has 0 saturated carbocycles. The van der Waals surface area contributed by atoms with Crippen LogP contribution in [0.5, 0.6) is 0 Å². The van der Waals surface area contributed by atoms with Gasteiger partial charge in [-0.3, -0.25) is 9.69 Å². The van der Waals surface area contributed by atoms with Crippen LogP contribution in [0.1, 0.15) is 53.8 Å². The van der Waals surface area contributed by atoms with E-state index < -0.39 is 0 Å². The second-order valence-corrected chi connectivity index (χ2v) is 7.09. The fourth-order valence-corrected chi connectivity index (χ4v) is 3.59. The van der Waals surface area contributed by atoms with Gasteiger partial charge in [-0.1, -0.05) is 37.1 Å². The van der Waals surface area contributed by atoms with Crippen LogP contribution in [-0.2, 0) is 6.42 Å². The van der Waals surface area contributed by atoms with Crippen molar-refractivity contribution in [3.8, 4) is 0 Å². The number of hydrogen-bond acceptors (Lipinski definition) is 4. The minimum Gasteiger partial charge on any atom is -0.350 e. The Kier molecular flexibility index (Phi) is 6.58. The Labute approximate surface area is 159 Å². The average Bonchev–Trinajstić information content (AvgIpc) is 3.18. The molecule has 0 bridgehead atoms. The number of aromatic nitrogens is 2. The average molecular weight is 373 g/mol. The summed E-state index contributed by atoms with van der Waals surface area (Å²) in [4.78, 5) is 23.4. The quantitative estimate of drug-likeness (QED) is 0.806. The van der Waals surface area contributed by atoms with Gasteiger partial charge in [-0.05, 0) is 50.0 Å². The summed E-state index contributed by atoms with van der Waals surface area (Å²) < 4.78 is 0. The van der Waals surface area contributed by atoms with E-state index in [1.165, 1.54) is 24.7 Å². The van der Waals surface area contributed by atoms with Gasteiger partial charge in [0, 0.05) is 17.8 Å². The maximum atomic E-state index is 12.7. The van der Waals surface area contributed by atoms with Crippen molar-refractivity contribution in [2.24, 2.45) is 0 Å². The molecule has 1 aliphatic rings. The lowest BCUT2D eigenvalue weighted by atomic mass is 10.0. The number of rotatable bonds is 7. The van der Waals surface area contributed by atoms with Crippen LogP contribution in [0.3, 0.4) is 0 Å². The van der Waals surface area contributed by atoms with Crippen LogP contribution in [0.15, 0.2) is 36.8 Å². The van der Waals surface area contributed by atoms with Crippen molar-refractivity contribution in [3.63, 3.8) is 0 Å². The molecule has 0 aliphatic carbocycles. The lowest BCUT2D eigenvalue weighted by Gasteiger charge is -2.28. The van der Waals surface area contributed by atoms with Gasteiger partial charge in [0.25, 0.3) is 5.91 Å². The third-order valence-electron chi connectivity index (χ3n) is 4.82. The van der Waals surface area contributed by atoms with E-state index in [2.05, 4.69) is 27.1 Å². The van der Waals surface area contributed by atoms with Crippen LogP contribution in [0, 0.1) is 0 Å². The molecule has 0 unspecified atom stereocenters. The van der Waals surface area contributed by atoms with Crippen molar-refractivity contribution in [3.05, 3.63) is 58.6 Å². The lowest BCUT2D eigenvalue weighted by Crippen LogP contribution is -2.37. The van der Waals surface area contributed by atoms with Gasteiger partial charge in [0.15, 0.2) is 0 Å². The van der Waals surface area contributed by atoms with Crippen LogP contribution in [0.4, 0.5) is 0 Å². The van der Waals surface area contributed by atoms with Gasteiger partial charge in [-0.15, -0.1) is 0 Å². The maximum absolute atomic E-state index is 12.7. The molecule has 2 aromatic rings. The number of carbonyl (C=O) groups is 1. The number of carbonyl (C=O) groups excluding carboxylic acids is 1. The highest BCUT2D eigenvalue weighted by molar-refractivity contribution is 6.30. The molecule has 5 nitrogen and oxygen atoms in total. The van der Waals surface area contributed by atoms with Gasteiger partial charge < -0.3 is 5.32 Å². The summed E-state index contributed by atoms with van der Waals surface area (Å²) in [6, 6.07) is 8.06. The predicted molar refractivity (Wildman–Crippen MR) is 103 cm³/mol. The SMILES string of the molecule is CCCc1ncncc1C(=O)NC[C@H](c1ccc(Cl)cc1)N1CCCC1. The molecule has 6 heteroatoms. The number of likely N-dealkylation sites (tertiary alicyclic amines) is 1. The lowest BCUT2D eigenvalue weighted by molar-refractivity contribution is 0.0936. The Hall–Kier alpha value is -1.98. The zero-order valence-electron chi connectivity index (χ0n) is 15.1. The van der Waals surface area contributed by atoms with Crippen molar-refractivity contribution in [1.29, 1.82) is 0 Å². The number of halogens is 1. The van der Waals surface area contributed by atoms with Gasteiger partial charge >= 0.3 is 0 Å². The van der Waals surface area contributed by atoms with Crippen molar-refractivity contribution < 1.29 is 4.79 Å². The highest BCUT2D eigenvalue weighted by Crippen LogP contribution is 2.26. The zero-order chi connectivity index (χ0) is 18.4. The summed E-state index contributed by atoms with van der Waals surface area (Å²) in [5.74, 6) is -0.104. The van der Waals surface area contributed by atoms with Gasteiger partial charge in [-0.2, -0.15) is 0 Å². The summed E-state index contributed by atoms with van der Waals surface area (Å²) in [6.45, 7) is 4.74. The topological polar surface area (TPSA) is 58.1 Å². The first-order valence-corrected chi connectivity index (χ1v) is 9.63. The first kappa shape index (κ1) is 18.8. The number of aryl methyl sites for hydroxylation is 1. The van der Waals surface area contributed by atoms with Crippen LogP contribution in [-0.4, -0.2) is 40.4 Å². The Morgan fingerprint density at radius 2 is 2.00 bits per heavy atom. The summed E-state index contributed by atoms with van der Waals surface area (Å²) in [5, 5.41) is 3.82. The molecule has 1 aliphatic heterocycles. The fourth-order valence-electron chi connectivity index (χ4n) is 3.46. The summed E-state index contributed by atoms with van der Waals surface area (Å²) in [5.41, 5.74) is 2.56. The maximum Gasteiger partial charge on any atom is 0.254 e. The number of amides is 1. The fraction of sp³-hybridized carbons (Fsp3) is 0.450. The highest BCUT2D eigenvalue weighted by Gasteiger charge is 2.24. The second kappa shape index (κ2) is 9.10. The Morgan fingerprint density at radius 1 is 1.27 bits per heavy atom. The van der Waals surface area contributed by atoms with E-state index in [4.69, 9.17) is 11.6 Å². The Morgan fingerprint density at radius 3 is 2.69 bits per heavy atom. The molecular formula is C20H25ClN4O. The monoisotopic (exact) mass is 372 g/mol. The van der Waals surface area contributed by atoms with Gasteiger partial charge in [-0.25, -0.2) is 9.97 Å².